The van der Waals surface area contributed by atoms with Gasteiger partial charge in [0.15, 0.2) is 0 Å². The minimum absolute atomic E-state index is 0.00312. The van der Waals surface area contributed by atoms with Gasteiger partial charge in [0.2, 0.25) is 0 Å². The predicted octanol–water partition coefficient (Wildman–Crippen LogP) is 9.19. The van der Waals surface area contributed by atoms with Crippen molar-refractivity contribution in [3.05, 3.63) is 48.0 Å². The average molecular weight is 497 g/mol. The summed E-state index contributed by atoms with van der Waals surface area (Å²) in [5.74, 6) is -0.402. The molecule has 0 spiro atoms. The van der Waals surface area contributed by atoms with E-state index in [0.29, 0.717) is 5.56 Å². The van der Waals surface area contributed by atoms with Crippen LogP contribution in [0.2, 0.25) is 0 Å². The Labute approximate surface area is 219 Å². The minimum Gasteiger partial charge on any atom is -0.463 e. The Bertz CT molecular complexity index is 891. The first-order valence-electron chi connectivity index (χ1n) is 14.4. The highest BCUT2D eigenvalue weighted by Crippen LogP contribution is 2.21. The first-order valence-corrected chi connectivity index (χ1v) is 14.4. The highest BCUT2D eigenvalue weighted by molar-refractivity contribution is 5.95. The number of carbonyl (C=O) groups excluding carboxylic acids is 2. The SMILES string of the molecule is CCCCCCCCC[C@H](CCCCCCC[C@@H](C)OC(C)=O)OC(=O)c1ccc2ccccc2c1. The number of ether oxygens (including phenoxy) is 2. The Kier molecular flexibility index (Phi) is 14.9. The zero-order chi connectivity index (χ0) is 26.0. The molecular formula is C32H48O4. The van der Waals surface area contributed by atoms with E-state index in [1.165, 1.54) is 45.4 Å². The Morgan fingerprint density at radius 2 is 1.25 bits per heavy atom. The molecule has 2 aromatic rings. The van der Waals surface area contributed by atoms with Crippen molar-refractivity contribution in [2.45, 2.75) is 129 Å². The monoisotopic (exact) mass is 496 g/mol. The molecule has 36 heavy (non-hydrogen) atoms. The Morgan fingerprint density at radius 1 is 0.694 bits per heavy atom. The van der Waals surface area contributed by atoms with Crippen LogP contribution in [0.1, 0.15) is 127 Å². The van der Waals surface area contributed by atoms with Gasteiger partial charge in [-0.3, -0.25) is 4.79 Å². The maximum Gasteiger partial charge on any atom is 0.338 e. The fourth-order valence-electron chi connectivity index (χ4n) is 4.80. The fourth-order valence-corrected chi connectivity index (χ4v) is 4.80. The second-order valence-electron chi connectivity index (χ2n) is 10.3. The number of fused-ring (bicyclic) bond motifs is 1. The lowest BCUT2D eigenvalue weighted by molar-refractivity contribution is -0.145. The summed E-state index contributed by atoms with van der Waals surface area (Å²) in [5, 5.41) is 2.20. The smallest absolute Gasteiger partial charge is 0.338 e. The van der Waals surface area contributed by atoms with Crippen molar-refractivity contribution in [1.29, 1.82) is 0 Å². The summed E-state index contributed by atoms with van der Waals surface area (Å²) in [6.45, 7) is 5.67. The van der Waals surface area contributed by atoms with E-state index in [1.54, 1.807) is 0 Å². The third-order valence-corrected chi connectivity index (χ3v) is 6.89. The van der Waals surface area contributed by atoms with Crippen LogP contribution in [0.3, 0.4) is 0 Å². The zero-order valence-electron chi connectivity index (χ0n) is 22.9. The molecule has 0 aliphatic rings. The van der Waals surface area contributed by atoms with Gasteiger partial charge in [-0.15, -0.1) is 0 Å². The van der Waals surface area contributed by atoms with Gasteiger partial charge < -0.3 is 9.47 Å². The molecule has 0 aliphatic heterocycles. The number of rotatable bonds is 19. The minimum atomic E-state index is -0.201. The largest absolute Gasteiger partial charge is 0.463 e. The first-order chi connectivity index (χ1) is 17.5. The molecule has 0 fully saturated rings. The van der Waals surface area contributed by atoms with Crippen LogP contribution in [0.5, 0.6) is 0 Å². The summed E-state index contributed by atoms with van der Waals surface area (Å²) in [6, 6.07) is 13.9. The van der Waals surface area contributed by atoms with Crippen LogP contribution in [0.15, 0.2) is 42.5 Å². The number of hydrogen-bond acceptors (Lipinski definition) is 4. The van der Waals surface area contributed by atoms with Gasteiger partial charge in [0.1, 0.15) is 6.10 Å². The summed E-state index contributed by atoms with van der Waals surface area (Å²) in [5.41, 5.74) is 0.639. The third kappa shape index (κ3) is 12.6. The van der Waals surface area contributed by atoms with E-state index in [2.05, 4.69) is 13.0 Å². The Morgan fingerprint density at radius 3 is 1.86 bits per heavy atom. The molecule has 2 aromatic carbocycles. The van der Waals surface area contributed by atoms with E-state index >= 15 is 0 Å². The van der Waals surface area contributed by atoms with Crippen LogP contribution in [-0.2, 0) is 14.3 Å². The van der Waals surface area contributed by atoms with Crippen LogP contribution < -0.4 is 0 Å². The highest BCUT2D eigenvalue weighted by atomic mass is 16.5. The molecule has 0 saturated carbocycles. The standard InChI is InChI=1S/C32H48O4/c1-4-5-6-7-8-11-14-21-31(22-15-12-9-10-13-18-26(2)35-27(3)33)36-32(34)30-24-23-28-19-16-17-20-29(28)25-30/h16-17,19-20,23-26,31H,4-15,18,21-22H2,1-3H3/t26-,31-/m1/s1. The van der Waals surface area contributed by atoms with Crippen molar-refractivity contribution in [3.8, 4) is 0 Å². The summed E-state index contributed by atoms with van der Waals surface area (Å²) in [6.07, 6.45) is 17.3. The number of carbonyl (C=O) groups is 2. The first kappa shape index (κ1) is 29.9. The van der Waals surface area contributed by atoms with E-state index in [9.17, 15) is 9.59 Å². The van der Waals surface area contributed by atoms with E-state index in [-0.39, 0.29) is 24.1 Å². The van der Waals surface area contributed by atoms with Crippen LogP contribution in [0.4, 0.5) is 0 Å². The second kappa shape index (κ2) is 18.0. The average Bonchev–Trinajstić information content (AvgIpc) is 2.86. The third-order valence-electron chi connectivity index (χ3n) is 6.89. The van der Waals surface area contributed by atoms with Gasteiger partial charge >= 0.3 is 11.9 Å². The quantitative estimate of drug-likeness (QED) is 0.144. The molecule has 0 unspecified atom stereocenters. The van der Waals surface area contributed by atoms with Crippen molar-refractivity contribution in [1.82, 2.24) is 0 Å². The molecule has 0 radical (unpaired) electrons. The van der Waals surface area contributed by atoms with Crippen molar-refractivity contribution >= 4 is 22.7 Å². The Hall–Kier alpha value is -2.36. The van der Waals surface area contributed by atoms with Crippen molar-refractivity contribution in [3.63, 3.8) is 0 Å². The van der Waals surface area contributed by atoms with E-state index in [1.807, 2.05) is 43.3 Å². The van der Waals surface area contributed by atoms with Gasteiger partial charge in [-0.2, -0.15) is 0 Å². The Balaban J connectivity index is 1.77. The number of unbranched alkanes of at least 4 members (excludes halogenated alkanes) is 10. The maximum absolute atomic E-state index is 13.0. The normalized spacial score (nSPS) is 12.9. The van der Waals surface area contributed by atoms with Crippen LogP contribution in [0.25, 0.3) is 10.8 Å². The molecule has 2 atom stereocenters. The summed E-state index contributed by atoms with van der Waals surface area (Å²) in [7, 11) is 0. The molecule has 0 N–H and O–H groups in total. The molecule has 0 aromatic heterocycles. The molecule has 200 valence electrons. The van der Waals surface area contributed by atoms with Gasteiger partial charge in [-0.25, -0.2) is 4.79 Å². The molecule has 0 amide bonds. The predicted molar refractivity (Wildman–Crippen MR) is 149 cm³/mol. The molecule has 0 aliphatic carbocycles. The molecule has 0 heterocycles. The summed E-state index contributed by atoms with van der Waals surface area (Å²) in [4.78, 5) is 24.0. The van der Waals surface area contributed by atoms with Gasteiger partial charge in [0, 0.05) is 6.92 Å². The highest BCUT2D eigenvalue weighted by Gasteiger charge is 2.16. The van der Waals surface area contributed by atoms with Crippen molar-refractivity contribution < 1.29 is 19.1 Å². The summed E-state index contributed by atoms with van der Waals surface area (Å²) >= 11 is 0. The number of benzene rings is 2. The maximum atomic E-state index is 13.0. The van der Waals surface area contributed by atoms with Crippen LogP contribution in [-0.4, -0.2) is 24.1 Å². The molecule has 4 heteroatoms. The van der Waals surface area contributed by atoms with Crippen LogP contribution in [0, 0.1) is 0 Å². The van der Waals surface area contributed by atoms with E-state index in [4.69, 9.17) is 9.47 Å². The van der Waals surface area contributed by atoms with Gasteiger partial charge in [0.25, 0.3) is 0 Å². The van der Waals surface area contributed by atoms with Crippen LogP contribution >= 0.6 is 0 Å². The number of hydrogen-bond donors (Lipinski definition) is 0. The van der Waals surface area contributed by atoms with Gasteiger partial charge in [-0.05, 0) is 68.4 Å². The molecule has 4 nitrogen and oxygen atoms in total. The van der Waals surface area contributed by atoms with Crippen molar-refractivity contribution in [2.24, 2.45) is 0 Å². The molecule has 2 rings (SSSR count). The van der Waals surface area contributed by atoms with Gasteiger partial charge in [0.05, 0.1) is 11.7 Å². The lowest BCUT2D eigenvalue weighted by Gasteiger charge is -2.18. The second-order valence-corrected chi connectivity index (χ2v) is 10.3. The lowest BCUT2D eigenvalue weighted by Crippen LogP contribution is -2.18. The molecular weight excluding hydrogens is 448 g/mol. The fraction of sp³-hybridized carbons (Fsp3) is 0.625. The molecule has 0 saturated heterocycles. The zero-order valence-corrected chi connectivity index (χ0v) is 22.9. The summed E-state index contributed by atoms with van der Waals surface area (Å²) < 4.78 is 11.2. The van der Waals surface area contributed by atoms with Crippen molar-refractivity contribution in [2.75, 3.05) is 0 Å². The van der Waals surface area contributed by atoms with E-state index < -0.39 is 0 Å². The van der Waals surface area contributed by atoms with Gasteiger partial charge in [-0.1, -0.05) is 95.0 Å². The lowest BCUT2D eigenvalue weighted by atomic mass is 10.0. The topological polar surface area (TPSA) is 52.6 Å². The molecule has 0 bridgehead atoms. The number of esters is 2. The van der Waals surface area contributed by atoms with E-state index in [0.717, 1.165) is 68.6 Å².